The minimum absolute atomic E-state index is 0.105. The first-order valence-electron chi connectivity index (χ1n) is 9.74. The molecular weight excluding hydrogens is 494 g/mol. The summed E-state index contributed by atoms with van der Waals surface area (Å²) in [7, 11) is 0. The Labute approximate surface area is 197 Å². The number of nitrogens with one attached hydrogen (secondary N) is 4. The Balaban J connectivity index is 1.52. The lowest BCUT2D eigenvalue weighted by atomic mass is 10.2. The molecule has 0 saturated heterocycles. The average Bonchev–Trinajstić information content (AvgIpc) is 3.17. The van der Waals surface area contributed by atoms with E-state index in [9.17, 15) is 9.59 Å². The molecule has 7 nitrogen and oxygen atoms in total. The number of fused-ring (bicyclic) bond motifs is 1. The van der Waals surface area contributed by atoms with E-state index in [1.807, 2.05) is 36.4 Å². The van der Waals surface area contributed by atoms with Crippen LogP contribution in [0.15, 0.2) is 65.1 Å². The fraction of sp³-hybridized carbons (Fsp3) is 0.0870. The number of aromatic nitrogens is 2. The minimum Gasteiger partial charge on any atom is -0.352 e. The van der Waals surface area contributed by atoms with E-state index < -0.39 is 0 Å². The second kappa shape index (κ2) is 9.42. The molecule has 0 radical (unpaired) electrons. The monoisotopic (exact) mass is 511 g/mol. The van der Waals surface area contributed by atoms with Gasteiger partial charge in [0.25, 0.3) is 5.91 Å². The number of hydrogen-bond acceptors (Lipinski definition) is 4. The van der Waals surface area contributed by atoms with Gasteiger partial charge in [0.05, 0.1) is 21.7 Å². The summed E-state index contributed by atoms with van der Waals surface area (Å²) in [6, 6.07) is 18.1. The number of imidazole rings is 1. The van der Waals surface area contributed by atoms with Gasteiger partial charge < -0.3 is 20.9 Å². The van der Waals surface area contributed by atoms with Gasteiger partial charge in [-0.2, -0.15) is 0 Å². The first-order chi connectivity index (χ1) is 15.4. The summed E-state index contributed by atoms with van der Waals surface area (Å²) >= 11 is 9.69. The molecule has 3 aromatic carbocycles. The summed E-state index contributed by atoms with van der Waals surface area (Å²) in [5, 5.41) is 9.32. The van der Waals surface area contributed by atoms with E-state index in [1.54, 1.807) is 24.3 Å². The van der Waals surface area contributed by atoms with Crippen LogP contribution in [0.3, 0.4) is 0 Å². The summed E-state index contributed by atoms with van der Waals surface area (Å²) in [5.41, 5.74) is 4.18. The number of benzene rings is 3. The molecule has 4 rings (SSSR count). The zero-order valence-electron chi connectivity index (χ0n) is 17.0. The number of rotatable bonds is 6. The number of hydrogen-bond donors (Lipinski definition) is 4. The highest BCUT2D eigenvalue weighted by molar-refractivity contribution is 9.10. The Hall–Kier alpha value is -3.36. The zero-order chi connectivity index (χ0) is 22.7. The molecule has 32 heavy (non-hydrogen) atoms. The molecule has 0 spiro atoms. The van der Waals surface area contributed by atoms with Crippen LogP contribution >= 0.6 is 27.5 Å². The molecule has 0 aliphatic rings. The zero-order valence-corrected chi connectivity index (χ0v) is 19.3. The van der Waals surface area contributed by atoms with Gasteiger partial charge in [-0.1, -0.05) is 33.6 Å². The van der Waals surface area contributed by atoms with E-state index in [2.05, 4.69) is 41.8 Å². The van der Waals surface area contributed by atoms with Crippen LogP contribution in [0, 0.1) is 0 Å². The molecular formula is C23H19BrClN5O2. The molecule has 0 bridgehead atoms. The molecule has 9 heteroatoms. The largest absolute Gasteiger partial charge is 0.352 e. The minimum atomic E-state index is -0.216. The fourth-order valence-corrected chi connectivity index (χ4v) is 3.51. The van der Waals surface area contributed by atoms with Crippen molar-refractivity contribution in [3.63, 3.8) is 0 Å². The van der Waals surface area contributed by atoms with Crippen molar-refractivity contribution in [1.29, 1.82) is 0 Å². The van der Waals surface area contributed by atoms with Crippen LogP contribution in [0.4, 0.5) is 17.3 Å². The lowest BCUT2D eigenvalue weighted by Crippen LogP contribution is -2.18. The third-order valence-electron chi connectivity index (χ3n) is 4.67. The number of nitrogens with zero attached hydrogens (tertiary/aromatic N) is 1. The molecule has 0 fully saturated rings. The Morgan fingerprint density at radius 2 is 1.84 bits per heavy atom. The maximum absolute atomic E-state index is 12.6. The highest BCUT2D eigenvalue weighted by Crippen LogP contribution is 2.27. The molecule has 0 atom stereocenters. The Morgan fingerprint density at radius 3 is 2.59 bits per heavy atom. The molecule has 0 saturated carbocycles. The molecule has 162 valence electrons. The SMILES string of the molecule is CC(=O)NCc1ccc(Cl)c(Nc2nc3ccc(C(=O)Nc4ccc(Br)cc4)cc3[nH]2)c1. The van der Waals surface area contributed by atoms with Crippen molar-refractivity contribution in [2.45, 2.75) is 13.5 Å². The quantitative estimate of drug-likeness (QED) is 0.270. The summed E-state index contributed by atoms with van der Waals surface area (Å²) in [5.74, 6) is 0.169. The number of carbonyl (C=O) groups excluding carboxylic acids is 2. The smallest absolute Gasteiger partial charge is 0.255 e. The van der Waals surface area contributed by atoms with Gasteiger partial charge in [-0.3, -0.25) is 9.59 Å². The number of amides is 2. The van der Waals surface area contributed by atoms with E-state index in [1.165, 1.54) is 6.92 Å². The van der Waals surface area contributed by atoms with Crippen LogP contribution in [0.5, 0.6) is 0 Å². The first kappa shape index (κ1) is 21.9. The van der Waals surface area contributed by atoms with E-state index >= 15 is 0 Å². The average molecular weight is 513 g/mol. The van der Waals surface area contributed by atoms with Gasteiger partial charge >= 0.3 is 0 Å². The second-order valence-corrected chi connectivity index (χ2v) is 8.45. The second-order valence-electron chi connectivity index (χ2n) is 7.13. The lowest BCUT2D eigenvalue weighted by molar-refractivity contribution is -0.119. The molecule has 0 aliphatic heterocycles. The predicted molar refractivity (Wildman–Crippen MR) is 130 cm³/mol. The molecule has 4 aromatic rings. The van der Waals surface area contributed by atoms with Gasteiger partial charge in [-0.15, -0.1) is 0 Å². The normalized spacial score (nSPS) is 10.7. The van der Waals surface area contributed by atoms with Crippen molar-refractivity contribution in [2.24, 2.45) is 0 Å². The van der Waals surface area contributed by atoms with Crippen LogP contribution in [0.2, 0.25) is 5.02 Å². The van der Waals surface area contributed by atoms with Gasteiger partial charge in [0, 0.05) is 29.2 Å². The maximum atomic E-state index is 12.6. The standard InChI is InChI=1S/C23H19BrClN5O2/c1-13(31)26-12-14-2-8-18(25)20(10-14)29-23-28-19-9-3-15(11-21(19)30-23)22(32)27-17-6-4-16(24)5-7-17/h2-11H,12H2,1H3,(H,26,31)(H,27,32)(H2,28,29,30). The summed E-state index contributed by atoms with van der Waals surface area (Å²) < 4.78 is 0.940. The van der Waals surface area contributed by atoms with Crippen molar-refractivity contribution in [3.05, 3.63) is 81.3 Å². The highest BCUT2D eigenvalue weighted by Gasteiger charge is 2.11. The third kappa shape index (κ3) is 5.27. The van der Waals surface area contributed by atoms with Crippen LogP contribution in [-0.4, -0.2) is 21.8 Å². The maximum Gasteiger partial charge on any atom is 0.255 e. The van der Waals surface area contributed by atoms with Gasteiger partial charge in [-0.05, 0) is 60.2 Å². The highest BCUT2D eigenvalue weighted by atomic mass is 79.9. The van der Waals surface area contributed by atoms with Crippen LogP contribution in [-0.2, 0) is 11.3 Å². The van der Waals surface area contributed by atoms with Crippen molar-refractivity contribution in [1.82, 2.24) is 15.3 Å². The number of H-pyrrole nitrogens is 1. The number of halogens is 2. The van der Waals surface area contributed by atoms with E-state index in [0.29, 0.717) is 45.5 Å². The Kier molecular flexibility index (Phi) is 6.43. The summed E-state index contributed by atoms with van der Waals surface area (Å²) in [6.07, 6.45) is 0. The predicted octanol–water partition coefficient (Wildman–Crippen LogP) is 5.61. The Bertz CT molecular complexity index is 1300. The van der Waals surface area contributed by atoms with Gasteiger partial charge in [0.15, 0.2) is 0 Å². The van der Waals surface area contributed by atoms with Gasteiger partial charge in [0.1, 0.15) is 0 Å². The van der Waals surface area contributed by atoms with Crippen molar-refractivity contribution >= 4 is 67.7 Å². The van der Waals surface area contributed by atoms with Gasteiger partial charge in [0.2, 0.25) is 11.9 Å². The molecule has 1 heterocycles. The topological polar surface area (TPSA) is 98.9 Å². The molecule has 4 N–H and O–H groups in total. The van der Waals surface area contributed by atoms with Crippen LogP contribution in [0.1, 0.15) is 22.8 Å². The Morgan fingerprint density at radius 1 is 1.06 bits per heavy atom. The van der Waals surface area contributed by atoms with Crippen LogP contribution < -0.4 is 16.0 Å². The molecule has 0 aliphatic carbocycles. The summed E-state index contributed by atoms with van der Waals surface area (Å²) in [4.78, 5) is 31.5. The van der Waals surface area contributed by atoms with Crippen molar-refractivity contribution < 1.29 is 9.59 Å². The van der Waals surface area contributed by atoms with Crippen LogP contribution in [0.25, 0.3) is 11.0 Å². The fourth-order valence-electron chi connectivity index (χ4n) is 3.08. The van der Waals surface area contributed by atoms with Crippen molar-refractivity contribution in [2.75, 3.05) is 10.6 Å². The van der Waals surface area contributed by atoms with E-state index in [-0.39, 0.29) is 11.8 Å². The third-order valence-corrected chi connectivity index (χ3v) is 5.53. The number of anilines is 3. The number of aromatic amines is 1. The van der Waals surface area contributed by atoms with Gasteiger partial charge in [-0.25, -0.2) is 4.98 Å². The first-order valence-corrected chi connectivity index (χ1v) is 10.9. The van der Waals surface area contributed by atoms with Crippen molar-refractivity contribution in [3.8, 4) is 0 Å². The van der Waals surface area contributed by atoms with E-state index in [4.69, 9.17) is 11.6 Å². The lowest BCUT2D eigenvalue weighted by Gasteiger charge is -2.09. The summed E-state index contributed by atoms with van der Waals surface area (Å²) in [6.45, 7) is 1.87. The molecule has 1 aromatic heterocycles. The molecule has 0 unspecified atom stereocenters. The molecule has 2 amide bonds. The van der Waals surface area contributed by atoms with E-state index in [0.717, 1.165) is 10.0 Å². The number of carbonyl (C=O) groups is 2.